The number of benzene rings is 2. The summed E-state index contributed by atoms with van der Waals surface area (Å²) in [7, 11) is 0. The lowest BCUT2D eigenvalue weighted by atomic mass is 10.2. The van der Waals surface area contributed by atoms with Crippen molar-refractivity contribution in [3.8, 4) is 23.0 Å². The molecule has 4 rings (SSSR count). The number of ether oxygens (including phenoxy) is 2. The molecule has 1 atom stereocenters. The Kier molecular flexibility index (Phi) is 5.40. The van der Waals surface area contributed by atoms with Crippen LogP contribution in [0, 0.1) is 5.92 Å². The van der Waals surface area contributed by atoms with E-state index in [4.69, 9.17) is 19.7 Å². The van der Waals surface area contributed by atoms with Gasteiger partial charge in [-0.3, -0.25) is 9.80 Å². The van der Waals surface area contributed by atoms with E-state index in [-0.39, 0.29) is 18.6 Å². The quantitative estimate of drug-likeness (QED) is 0.355. The highest BCUT2D eigenvalue weighted by atomic mass is 16.5. The van der Waals surface area contributed by atoms with Crippen LogP contribution >= 0.6 is 0 Å². The molecule has 0 unspecified atom stereocenters. The van der Waals surface area contributed by atoms with Crippen molar-refractivity contribution in [2.75, 3.05) is 13.2 Å². The van der Waals surface area contributed by atoms with Gasteiger partial charge in [0.25, 0.3) is 0 Å². The number of aromatic nitrogens is 1. The van der Waals surface area contributed by atoms with Crippen molar-refractivity contribution >= 4 is 17.0 Å². The molecule has 0 bridgehead atoms. The molecule has 1 saturated carbocycles. The molecule has 7 heteroatoms. The maximum atomic E-state index is 11.3. The number of nitrogens with two attached hydrogens (primary N) is 1. The third kappa shape index (κ3) is 4.68. The summed E-state index contributed by atoms with van der Waals surface area (Å²) < 4.78 is 17.4. The van der Waals surface area contributed by atoms with Gasteiger partial charge in [0.2, 0.25) is 11.8 Å². The maximum Gasteiger partial charge on any atom is 0.233 e. The summed E-state index contributed by atoms with van der Waals surface area (Å²) in [6, 6.07) is 13.0. The van der Waals surface area contributed by atoms with E-state index in [1.54, 1.807) is 0 Å². The van der Waals surface area contributed by atoms with Crippen molar-refractivity contribution in [3.63, 3.8) is 0 Å². The van der Waals surface area contributed by atoms with E-state index in [1.165, 1.54) is 19.8 Å². The van der Waals surface area contributed by atoms with Crippen molar-refractivity contribution < 1.29 is 18.7 Å². The van der Waals surface area contributed by atoms with E-state index in [9.17, 15) is 4.79 Å². The van der Waals surface area contributed by atoms with Gasteiger partial charge in [-0.2, -0.15) is 0 Å². The highest BCUT2D eigenvalue weighted by Gasteiger charge is 2.22. The van der Waals surface area contributed by atoms with Gasteiger partial charge in [0.15, 0.2) is 5.58 Å². The Balaban J connectivity index is 1.43. The van der Waals surface area contributed by atoms with Crippen molar-refractivity contribution in [1.82, 2.24) is 9.99 Å². The van der Waals surface area contributed by atoms with Gasteiger partial charge in [-0.25, -0.2) is 10.8 Å². The second-order valence-electron chi connectivity index (χ2n) is 7.51. The molecule has 1 aliphatic carbocycles. The summed E-state index contributed by atoms with van der Waals surface area (Å²) in [5.74, 6) is 8.26. The predicted molar refractivity (Wildman–Crippen MR) is 109 cm³/mol. The first-order valence-electron chi connectivity index (χ1n) is 9.80. The average Bonchev–Trinajstić information content (AvgIpc) is 3.46. The van der Waals surface area contributed by atoms with Gasteiger partial charge in [0.1, 0.15) is 23.6 Å². The second kappa shape index (κ2) is 8.13. The zero-order valence-electron chi connectivity index (χ0n) is 16.6. The first-order chi connectivity index (χ1) is 14.0. The van der Waals surface area contributed by atoms with E-state index in [0.717, 1.165) is 28.8 Å². The number of rotatable bonds is 8. The summed E-state index contributed by atoms with van der Waals surface area (Å²) in [5.41, 5.74) is 2.27. The Morgan fingerprint density at radius 3 is 2.62 bits per heavy atom. The molecule has 152 valence electrons. The number of hydrazine groups is 1. The number of fused-ring (bicyclic) bond motifs is 1. The van der Waals surface area contributed by atoms with E-state index in [1.807, 2.05) is 49.4 Å². The van der Waals surface area contributed by atoms with Crippen LogP contribution in [0.15, 0.2) is 46.9 Å². The highest BCUT2D eigenvalue weighted by molar-refractivity contribution is 5.77. The van der Waals surface area contributed by atoms with Crippen LogP contribution < -0.4 is 15.3 Å². The molecule has 2 aromatic carbocycles. The second-order valence-corrected chi connectivity index (χ2v) is 7.51. The zero-order valence-corrected chi connectivity index (χ0v) is 16.6. The number of hydrogen-bond donors (Lipinski definition) is 1. The average molecular weight is 395 g/mol. The van der Waals surface area contributed by atoms with E-state index >= 15 is 0 Å². The Morgan fingerprint density at radius 1 is 1.21 bits per heavy atom. The number of amides is 1. The Bertz CT molecular complexity index is 995. The van der Waals surface area contributed by atoms with Crippen molar-refractivity contribution in [1.29, 1.82) is 0 Å². The minimum atomic E-state index is -0.239. The molecule has 1 aromatic heterocycles. The number of nitrogens with zero attached hydrogens (tertiary/aromatic N) is 2. The van der Waals surface area contributed by atoms with Gasteiger partial charge < -0.3 is 13.9 Å². The smallest absolute Gasteiger partial charge is 0.233 e. The first-order valence-corrected chi connectivity index (χ1v) is 9.80. The fourth-order valence-corrected chi connectivity index (χ4v) is 2.92. The van der Waals surface area contributed by atoms with E-state index < -0.39 is 0 Å². The molecule has 0 aliphatic heterocycles. The number of carbonyl (C=O) groups excluding carboxylic acids is 1. The largest absolute Gasteiger partial charge is 0.493 e. The van der Waals surface area contributed by atoms with Crippen LogP contribution in [0.25, 0.3) is 22.6 Å². The van der Waals surface area contributed by atoms with Gasteiger partial charge in [0.05, 0.1) is 12.6 Å². The minimum absolute atomic E-state index is 0.207. The third-order valence-corrected chi connectivity index (χ3v) is 4.97. The lowest BCUT2D eigenvalue weighted by molar-refractivity contribution is -0.131. The number of hydrogen-bond acceptors (Lipinski definition) is 6. The summed E-state index contributed by atoms with van der Waals surface area (Å²) >= 11 is 0. The monoisotopic (exact) mass is 395 g/mol. The molecule has 1 aliphatic rings. The molecule has 2 N–H and O–H groups in total. The Labute approximate surface area is 169 Å². The molecular weight excluding hydrogens is 370 g/mol. The fraction of sp³-hybridized carbons (Fsp3) is 0.364. The summed E-state index contributed by atoms with van der Waals surface area (Å²) in [5, 5.41) is 1.16. The molecule has 3 aromatic rings. The number of oxazole rings is 1. The normalized spacial score (nSPS) is 14.6. The molecule has 0 spiro atoms. The fourth-order valence-electron chi connectivity index (χ4n) is 2.92. The summed E-state index contributed by atoms with van der Waals surface area (Å²) in [6.45, 7) is 4.32. The predicted octanol–water partition coefficient (Wildman–Crippen LogP) is 3.77. The summed E-state index contributed by atoms with van der Waals surface area (Å²) in [6.07, 6.45) is 2.54. The summed E-state index contributed by atoms with van der Waals surface area (Å²) in [4.78, 5) is 15.9. The molecule has 0 saturated heterocycles. The van der Waals surface area contributed by atoms with E-state index in [0.29, 0.717) is 22.7 Å². The minimum Gasteiger partial charge on any atom is -0.493 e. The molecule has 1 heterocycles. The van der Waals surface area contributed by atoms with Crippen LogP contribution in [0.1, 0.15) is 26.7 Å². The number of carbonyl (C=O) groups is 1. The molecule has 1 amide bonds. The topological polar surface area (TPSA) is 90.8 Å². The molecule has 29 heavy (non-hydrogen) atoms. The van der Waals surface area contributed by atoms with Crippen LogP contribution in [-0.2, 0) is 4.79 Å². The third-order valence-electron chi connectivity index (χ3n) is 4.97. The molecule has 1 fully saturated rings. The maximum absolute atomic E-state index is 11.3. The lowest BCUT2D eigenvalue weighted by Gasteiger charge is -2.22. The Morgan fingerprint density at radius 2 is 1.93 bits per heavy atom. The van der Waals surface area contributed by atoms with Crippen LogP contribution in [0.4, 0.5) is 0 Å². The first kappa shape index (κ1) is 19.3. The van der Waals surface area contributed by atoms with Crippen LogP contribution in [-0.4, -0.2) is 35.2 Å². The van der Waals surface area contributed by atoms with Crippen LogP contribution in [0.5, 0.6) is 11.5 Å². The van der Waals surface area contributed by atoms with Gasteiger partial charge in [-0.05, 0) is 62.1 Å². The molecule has 7 nitrogen and oxygen atoms in total. The lowest BCUT2D eigenvalue weighted by Crippen LogP contribution is -2.45. The Hall–Kier alpha value is -3.06. The van der Waals surface area contributed by atoms with Gasteiger partial charge in [-0.1, -0.05) is 0 Å². The van der Waals surface area contributed by atoms with Gasteiger partial charge >= 0.3 is 0 Å². The SMILES string of the molecule is CC(=O)N(N)[C@@H](C)COc1ccc2oc(-c3ccc(OCC4CC4)cc3)nc2c1. The van der Waals surface area contributed by atoms with Crippen molar-refractivity contribution in [3.05, 3.63) is 42.5 Å². The molecular formula is C22H25N3O4. The molecule has 0 radical (unpaired) electrons. The van der Waals surface area contributed by atoms with E-state index in [2.05, 4.69) is 4.98 Å². The van der Waals surface area contributed by atoms with Gasteiger partial charge in [0, 0.05) is 18.6 Å². The van der Waals surface area contributed by atoms with Gasteiger partial charge in [-0.15, -0.1) is 0 Å². The van der Waals surface area contributed by atoms with Crippen molar-refractivity contribution in [2.24, 2.45) is 11.8 Å². The standard InChI is InChI=1S/C22H25N3O4/c1-14(25(23)15(2)26)12-27-19-9-10-21-20(11-19)24-22(29-21)17-5-7-18(8-6-17)28-13-16-3-4-16/h5-11,14,16H,3-4,12-13,23H2,1-2H3/t14-/m0/s1. The highest BCUT2D eigenvalue weighted by Crippen LogP contribution is 2.31. The van der Waals surface area contributed by atoms with Crippen LogP contribution in [0.3, 0.4) is 0 Å². The van der Waals surface area contributed by atoms with Crippen LogP contribution in [0.2, 0.25) is 0 Å². The zero-order chi connectivity index (χ0) is 20.4. The van der Waals surface area contributed by atoms with Crippen molar-refractivity contribution in [2.45, 2.75) is 32.7 Å².